The van der Waals surface area contributed by atoms with Gasteiger partial charge in [0.1, 0.15) is 18.8 Å². The van der Waals surface area contributed by atoms with Crippen molar-refractivity contribution in [2.24, 2.45) is 22.7 Å². The van der Waals surface area contributed by atoms with Gasteiger partial charge in [0, 0.05) is 25.3 Å². The lowest BCUT2D eigenvalue weighted by Crippen LogP contribution is -2.68. The van der Waals surface area contributed by atoms with Crippen molar-refractivity contribution in [2.45, 2.75) is 56.8 Å². The van der Waals surface area contributed by atoms with Gasteiger partial charge >= 0.3 is 23.9 Å². The molecule has 7 unspecified atom stereocenters. The Hall–Kier alpha value is -2.84. The van der Waals surface area contributed by atoms with Crippen molar-refractivity contribution >= 4 is 23.9 Å². The molecule has 1 aromatic rings. The topological polar surface area (TPSA) is 118 Å². The Morgan fingerprint density at radius 2 is 2.06 bits per heavy atom. The van der Waals surface area contributed by atoms with Crippen molar-refractivity contribution in [3.8, 4) is 0 Å². The third-order valence-corrected chi connectivity index (χ3v) is 8.38. The van der Waals surface area contributed by atoms with E-state index in [-0.39, 0.29) is 31.3 Å². The van der Waals surface area contributed by atoms with Gasteiger partial charge in [-0.2, -0.15) is 0 Å². The zero-order valence-corrected chi connectivity index (χ0v) is 17.0. The number of esters is 4. The first-order valence-corrected chi connectivity index (χ1v) is 10.6. The van der Waals surface area contributed by atoms with E-state index in [4.69, 9.17) is 23.4 Å². The van der Waals surface area contributed by atoms with Crippen LogP contribution in [0.4, 0.5) is 0 Å². The predicted octanol–water partition coefficient (Wildman–Crippen LogP) is 1.84. The van der Waals surface area contributed by atoms with Crippen LogP contribution in [0, 0.1) is 22.7 Å². The maximum absolute atomic E-state index is 13.2. The summed E-state index contributed by atoms with van der Waals surface area (Å²) in [5, 5.41) is 0. The minimum atomic E-state index is -1.50. The summed E-state index contributed by atoms with van der Waals surface area (Å²) in [7, 11) is 0. The molecule has 0 aromatic carbocycles. The summed E-state index contributed by atoms with van der Waals surface area (Å²) in [4.78, 5) is 51.4. The van der Waals surface area contributed by atoms with E-state index in [2.05, 4.69) is 0 Å². The van der Waals surface area contributed by atoms with Crippen molar-refractivity contribution in [3.05, 3.63) is 24.2 Å². The molecule has 2 saturated carbocycles. The lowest BCUT2D eigenvalue weighted by Gasteiger charge is -2.60. The quantitative estimate of drug-likeness (QED) is 0.521. The van der Waals surface area contributed by atoms with Gasteiger partial charge in [0.2, 0.25) is 5.60 Å². The Labute approximate surface area is 177 Å². The summed E-state index contributed by atoms with van der Waals surface area (Å²) in [6.45, 7) is 1.30. The molecule has 164 valence electrons. The molecule has 5 bridgehead atoms. The number of rotatable bonds is 4. The second kappa shape index (κ2) is 5.89. The van der Waals surface area contributed by atoms with Crippen LogP contribution in [0.2, 0.25) is 0 Å². The average Bonchev–Trinajstić information content (AvgIpc) is 3.31. The van der Waals surface area contributed by atoms with Gasteiger partial charge in [-0.25, -0.2) is 4.79 Å². The highest BCUT2D eigenvalue weighted by molar-refractivity contribution is 5.94. The maximum Gasteiger partial charge on any atom is 0.351 e. The first kappa shape index (κ1) is 18.9. The molecule has 7 atom stereocenters. The van der Waals surface area contributed by atoms with E-state index >= 15 is 0 Å². The van der Waals surface area contributed by atoms with Gasteiger partial charge in [0.05, 0.1) is 29.3 Å². The highest BCUT2D eigenvalue weighted by Gasteiger charge is 2.82. The van der Waals surface area contributed by atoms with E-state index in [1.165, 1.54) is 19.5 Å². The van der Waals surface area contributed by atoms with E-state index in [0.717, 1.165) is 0 Å². The molecule has 6 heterocycles. The third kappa shape index (κ3) is 2.12. The molecular formula is C22H22O9. The van der Waals surface area contributed by atoms with Gasteiger partial charge in [0.15, 0.2) is 0 Å². The lowest BCUT2D eigenvalue weighted by molar-refractivity contribution is -0.234. The molecule has 9 heteroatoms. The number of carbonyl (C=O) groups is 4. The van der Waals surface area contributed by atoms with Crippen molar-refractivity contribution in [1.29, 1.82) is 0 Å². The molecule has 2 aliphatic carbocycles. The summed E-state index contributed by atoms with van der Waals surface area (Å²) in [6, 6.07) is 1.69. The van der Waals surface area contributed by atoms with E-state index in [1.54, 1.807) is 6.07 Å². The molecule has 0 amide bonds. The molecule has 2 spiro atoms. The minimum Gasteiger partial charge on any atom is -0.472 e. The Bertz CT molecular complexity index is 999. The summed E-state index contributed by atoms with van der Waals surface area (Å²) in [5.74, 6) is -2.98. The fraction of sp³-hybridized carbons (Fsp3) is 0.636. The summed E-state index contributed by atoms with van der Waals surface area (Å²) in [5.41, 5.74) is -2.93. The fourth-order valence-electron chi connectivity index (χ4n) is 7.17. The van der Waals surface area contributed by atoms with Crippen LogP contribution >= 0.6 is 0 Å². The first-order chi connectivity index (χ1) is 14.8. The van der Waals surface area contributed by atoms with E-state index in [9.17, 15) is 19.2 Å². The number of hydrogen-bond acceptors (Lipinski definition) is 9. The number of hydrogen-bond donors (Lipinski definition) is 0. The highest BCUT2D eigenvalue weighted by atomic mass is 16.6. The van der Waals surface area contributed by atoms with Crippen LogP contribution < -0.4 is 0 Å². The van der Waals surface area contributed by atoms with Crippen LogP contribution in [0.25, 0.3) is 0 Å². The van der Waals surface area contributed by atoms with E-state index < -0.39 is 52.5 Å². The third-order valence-electron chi connectivity index (χ3n) is 8.38. The van der Waals surface area contributed by atoms with Crippen LogP contribution in [0.5, 0.6) is 0 Å². The Morgan fingerprint density at radius 3 is 2.81 bits per heavy atom. The van der Waals surface area contributed by atoms with Gasteiger partial charge in [0.25, 0.3) is 0 Å². The largest absolute Gasteiger partial charge is 0.472 e. The zero-order valence-electron chi connectivity index (χ0n) is 17.0. The minimum absolute atomic E-state index is 0.00609. The van der Waals surface area contributed by atoms with Gasteiger partial charge < -0.3 is 23.4 Å². The molecular weight excluding hydrogens is 408 g/mol. The molecule has 9 nitrogen and oxygen atoms in total. The van der Waals surface area contributed by atoms with Gasteiger partial charge in [-0.1, -0.05) is 0 Å². The summed E-state index contributed by atoms with van der Waals surface area (Å²) in [6.07, 6.45) is 3.44. The number of ether oxygens (including phenoxy) is 4. The van der Waals surface area contributed by atoms with Gasteiger partial charge in [-0.3, -0.25) is 14.4 Å². The molecule has 5 aliphatic heterocycles. The molecule has 7 fully saturated rings. The van der Waals surface area contributed by atoms with Crippen molar-refractivity contribution < 1.29 is 42.5 Å². The summed E-state index contributed by atoms with van der Waals surface area (Å²) < 4.78 is 28.0. The molecule has 0 radical (unpaired) electrons. The van der Waals surface area contributed by atoms with Crippen molar-refractivity contribution in [2.75, 3.05) is 6.61 Å². The molecule has 31 heavy (non-hydrogen) atoms. The van der Waals surface area contributed by atoms with Crippen molar-refractivity contribution in [1.82, 2.24) is 0 Å². The highest BCUT2D eigenvalue weighted by Crippen LogP contribution is 2.72. The van der Waals surface area contributed by atoms with Gasteiger partial charge in [-0.05, 0) is 31.2 Å². The monoisotopic (exact) mass is 430 g/mol. The predicted molar refractivity (Wildman–Crippen MR) is 97.8 cm³/mol. The standard InChI is InChI=1S/C22H22O9/c1-11(23)29-15(12-2-5-27-9-12)8-20-10-28-19(26)22(20)4-3-21-14(17(24)31-22)6-13(7-16(20)21)30-18(21)25/h2,5,9,13-16H,3-4,6-8,10H2,1H3. The SMILES string of the molecule is CC(=O)OC(CC12COC(=O)C13CCC14C(=O)OC(CC1C(=O)O3)CC42)c1ccoc1. The van der Waals surface area contributed by atoms with Crippen molar-refractivity contribution in [3.63, 3.8) is 0 Å². The van der Waals surface area contributed by atoms with E-state index in [1.807, 2.05) is 0 Å². The van der Waals surface area contributed by atoms with Crippen LogP contribution in [0.3, 0.4) is 0 Å². The number of carbonyl (C=O) groups excluding carboxylic acids is 4. The van der Waals surface area contributed by atoms with Gasteiger partial charge in [-0.15, -0.1) is 0 Å². The Morgan fingerprint density at radius 1 is 1.23 bits per heavy atom. The Balaban J connectivity index is 1.54. The second-order valence-corrected chi connectivity index (χ2v) is 9.48. The molecule has 8 rings (SSSR count). The summed E-state index contributed by atoms with van der Waals surface area (Å²) >= 11 is 0. The Kier molecular flexibility index (Phi) is 3.59. The van der Waals surface area contributed by atoms with Crippen LogP contribution in [-0.2, 0) is 38.1 Å². The molecule has 7 aliphatic rings. The smallest absolute Gasteiger partial charge is 0.351 e. The average molecular weight is 430 g/mol. The van der Waals surface area contributed by atoms with E-state index in [0.29, 0.717) is 24.8 Å². The number of furan rings is 1. The number of fused-ring (bicyclic) bond motifs is 3. The number of cyclic esters (lactones) is 1. The lowest BCUT2D eigenvalue weighted by atomic mass is 9.42. The first-order valence-electron chi connectivity index (χ1n) is 10.6. The van der Waals surface area contributed by atoms with Crippen LogP contribution in [0.1, 0.15) is 50.7 Å². The zero-order chi connectivity index (χ0) is 21.6. The molecule has 1 aromatic heterocycles. The maximum atomic E-state index is 13.2. The van der Waals surface area contributed by atoms with Crippen LogP contribution in [-0.4, -0.2) is 42.2 Å². The fourth-order valence-corrected chi connectivity index (χ4v) is 7.17. The normalized spacial score (nSPS) is 42.9. The van der Waals surface area contributed by atoms with Crippen LogP contribution in [0.15, 0.2) is 23.0 Å². The molecule has 0 N–H and O–H groups in total. The molecule has 5 saturated heterocycles. The second-order valence-electron chi connectivity index (χ2n) is 9.48.